The number of ether oxygens (including phenoxy) is 3. The van der Waals surface area contributed by atoms with Gasteiger partial charge in [-0.3, -0.25) is 0 Å². The van der Waals surface area contributed by atoms with Crippen LogP contribution in [0.4, 0.5) is 8.78 Å². The number of allylic oxidation sites excluding steroid dienone is 1. The molecule has 0 bridgehead atoms. The lowest BCUT2D eigenvalue weighted by Gasteiger charge is -2.40. The molecule has 0 fully saturated rings. The van der Waals surface area contributed by atoms with Crippen LogP contribution in [0, 0.1) is 11.6 Å². The van der Waals surface area contributed by atoms with Crippen LogP contribution in [0.5, 0.6) is 0 Å². The molecule has 0 radical (unpaired) electrons. The van der Waals surface area contributed by atoms with Crippen molar-refractivity contribution in [2.24, 2.45) is 0 Å². The Morgan fingerprint density at radius 1 is 1.25 bits per heavy atom. The van der Waals surface area contributed by atoms with E-state index in [0.29, 0.717) is 23.0 Å². The summed E-state index contributed by atoms with van der Waals surface area (Å²) in [7, 11) is 3.07. The highest BCUT2D eigenvalue weighted by Gasteiger charge is 2.36. The number of thiocarbonyl (C=S) groups is 1. The zero-order valence-corrected chi connectivity index (χ0v) is 17.1. The van der Waals surface area contributed by atoms with Crippen LogP contribution >= 0.6 is 12.2 Å². The monoisotopic (exact) mass is 414 g/mol. The van der Waals surface area contributed by atoms with Gasteiger partial charge in [0.1, 0.15) is 6.61 Å². The van der Waals surface area contributed by atoms with Crippen LogP contribution in [0.1, 0.15) is 25.5 Å². The summed E-state index contributed by atoms with van der Waals surface area (Å²) in [5.41, 5.74) is 1.18. The highest BCUT2D eigenvalue weighted by molar-refractivity contribution is 7.80. The van der Waals surface area contributed by atoms with Crippen molar-refractivity contribution in [2.75, 3.05) is 34.0 Å². The van der Waals surface area contributed by atoms with Crippen LogP contribution in [0.2, 0.25) is 0 Å². The van der Waals surface area contributed by atoms with Gasteiger partial charge in [0.15, 0.2) is 16.7 Å². The number of halogens is 2. The van der Waals surface area contributed by atoms with Gasteiger partial charge in [0.2, 0.25) is 0 Å². The number of rotatable bonds is 8. The molecule has 0 spiro atoms. The topological polar surface area (TPSA) is 60.0 Å². The van der Waals surface area contributed by atoms with Crippen molar-refractivity contribution >= 4 is 23.3 Å². The van der Waals surface area contributed by atoms with Gasteiger partial charge in [0, 0.05) is 19.9 Å². The summed E-state index contributed by atoms with van der Waals surface area (Å²) in [6.07, 6.45) is 0. The van der Waals surface area contributed by atoms with Gasteiger partial charge in [0.25, 0.3) is 0 Å². The van der Waals surface area contributed by atoms with Crippen LogP contribution in [0.25, 0.3) is 0 Å². The Morgan fingerprint density at radius 2 is 1.96 bits per heavy atom. The zero-order valence-electron chi connectivity index (χ0n) is 16.3. The lowest BCUT2D eigenvalue weighted by atomic mass is 9.94. The van der Waals surface area contributed by atoms with Crippen molar-refractivity contribution in [3.05, 3.63) is 46.7 Å². The highest BCUT2D eigenvalue weighted by Crippen LogP contribution is 2.33. The van der Waals surface area contributed by atoms with E-state index < -0.39 is 23.6 Å². The van der Waals surface area contributed by atoms with E-state index in [9.17, 15) is 13.6 Å². The number of benzene rings is 1. The average molecular weight is 414 g/mol. The number of esters is 1. The molecule has 0 amide bonds. The Balaban J connectivity index is 2.48. The maximum absolute atomic E-state index is 13.8. The quantitative estimate of drug-likeness (QED) is 0.399. The van der Waals surface area contributed by atoms with Gasteiger partial charge < -0.3 is 24.4 Å². The van der Waals surface area contributed by atoms with E-state index in [4.69, 9.17) is 26.4 Å². The summed E-state index contributed by atoms with van der Waals surface area (Å²) in [5.74, 6) is -2.57. The second-order valence-corrected chi connectivity index (χ2v) is 6.74. The van der Waals surface area contributed by atoms with Crippen molar-refractivity contribution in [3.63, 3.8) is 0 Å². The standard InChI is InChI=1S/C19H24F2N2O4S/c1-11(10-26-4)23-12(2)16(18(24)27-8-7-25-3)17(22-19(23)28)13-5-6-14(20)15(21)9-13/h5-6,9,11,17H,7-8,10H2,1-4H3,(H,22,28)/t11-,17-/m1/s1. The summed E-state index contributed by atoms with van der Waals surface area (Å²) in [5, 5.41) is 3.40. The molecule has 0 aromatic heterocycles. The van der Waals surface area contributed by atoms with Crippen LogP contribution in [0.3, 0.4) is 0 Å². The minimum atomic E-state index is -1.01. The van der Waals surface area contributed by atoms with Crippen molar-refractivity contribution in [3.8, 4) is 0 Å². The number of carbonyl (C=O) groups is 1. The average Bonchev–Trinajstić information content (AvgIpc) is 2.63. The first-order chi connectivity index (χ1) is 13.3. The minimum absolute atomic E-state index is 0.0642. The molecule has 1 N–H and O–H groups in total. The van der Waals surface area contributed by atoms with Crippen molar-refractivity contribution in [1.29, 1.82) is 0 Å². The largest absolute Gasteiger partial charge is 0.460 e. The predicted octanol–water partition coefficient (Wildman–Crippen LogP) is 2.69. The van der Waals surface area contributed by atoms with E-state index in [1.54, 1.807) is 18.9 Å². The maximum Gasteiger partial charge on any atom is 0.338 e. The molecule has 0 aliphatic carbocycles. The fourth-order valence-electron chi connectivity index (χ4n) is 3.11. The summed E-state index contributed by atoms with van der Waals surface area (Å²) < 4.78 is 42.6. The van der Waals surface area contributed by atoms with E-state index in [0.717, 1.165) is 12.1 Å². The third-order valence-electron chi connectivity index (χ3n) is 4.39. The van der Waals surface area contributed by atoms with Gasteiger partial charge in [-0.25, -0.2) is 13.6 Å². The molecule has 0 unspecified atom stereocenters. The molecule has 6 nitrogen and oxygen atoms in total. The normalized spacial score (nSPS) is 18.1. The minimum Gasteiger partial charge on any atom is -0.460 e. The number of nitrogens with zero attached hydrogens (tertiary/aromatic N) is 1. The number of hydrogen-bond donors (Lipinski definition) is 1. The van der Waals surface area contributed by atoms with Gasteiger partial charge in [-0.2, -0.15) is 0 Å². The van der Waals surface area contributed by atoms with Crippen molar-refractivity contribution in [2.45, 2.75) is 25.9 Å². The molecule has 2 rings (SSSR count). The van der Waals surface area contributed by atoms with Gasteiger partial charge in [-0.15, -0.1) is 0 Å². The molecule has 9 heteroatoms. The van der Waals surface area contributed by atoms with E-state index >= 15 is 0 Å². The van der Waals surface area contributed by atoms with E-state index in [2.05, 4.69) is 5.32 Å². The Bertz CT molecular complexity index is 772. The molecule has 28 heavy (non-hydrogen) atoms. The van der Waals surface area contributed by atoms with Crippen molar-refractivity contribution < 1.29 is 27.8 Å². The molecule has 1 heterocycles. The number of methoxy groups -OCH3 is 2. The molecule has 0 saturated heterocycles. The fourth-order valence-corrected chi connectivity index (χ4v) is 3.54. The second-order valence-electron chi connectivity index (χ2n) is 6.36. The number of nitrogens with one attached hydrogen (secondary N) is 1. The van der Waals surface area contributed by atoms with Crippen LogP contribution in [-0.4, -0.2) is 56.1 Å². The summed E-state index contributed by atoms with van der Waals surface area (Å²) in [6, 6.07) is 2.53. The van der Waals surface area contributed by atoms with E-state index in [1.807, 2.05) is 6.92 Å². The summed E-state index contributed by atoms with van der Waals surface area (Å²) in [6.45, 7) is 4.31. The van der Waals surface area contributed by atoms with Crippen LogP contribution in [-0.2, 0) is 19.0 Å². The third-order valence-corrected chi connectivity index (χ3v) is 4.71. The molecule has 1 aromatic rings. The molecular formula is C19H24F2N2O4S. The highest BCUT2D eigenvalue weighted by atomic mass is 32.1. The maximum atomic E-state index is 13.8. The SMILES string of the molecule is COCCOC(=O)C1=C(C)N([C@H](C)COC)C(=S)N[C@@H]1c1ccc(F)c(F)c1. The first kappa shape index (κ1) is 22.2. The third kappa shape index (κ3) is 4.84. The first-order valence-corrected chi connectivity index (χ1v) is 9.13. The van der Waals surface area contributed by atoms with Gasteiger partial charge in [0.05, 0.1) is 30.9 Å². The van der Waals surface area contributed by atoms with Crippen LogP contribution in [0.15, 0.2) is 29.5 Å². The van der Waals surface area contributed by atoms with Gasteiger partial charge in [-0.1, -0.05) is 6.07 Å². The van der Waals surface area contributed by atoms with Crippen LogP contribution < -0.4 is 5.32 Å². The Kier molecular flexibility index (Phi) is 7.85. The fraction of sp³-hybridized carbons (Fsp3) is 0.474. The molecule has 0 saturated carbocycles. The Hall–Kier alpha value is -2.10. The first-order valence-electron chi connectivity index (χ1n) is 8.72. The lowest BCUT2D eigenvalue weighted by molar-refractivity contribution is -0.140. The van der Waals surface area contributed by atoms with Crippen molar-refractivity contribution in [1.82, 2.24) is 10.2 Å². The van der Waals surface area contributed by atoms with Gasteiger partial charge >= 0.3 is 5.97 Å². The molecule has 154 valence electrons. The summed E-state index contributed by atoms with van der Waals surface area (Å²) >= 11 is 5.46. The molecule has 1 aliphatic rings. The number of hydrogen-bond acceptors (Lipinski definition) is 5. The zero-order chi connectivity index (χ0) is 20.8. The number of carbonyl (C=O) groups excluding carboxylic acids is 1. The molecule has 1 aromatic carbocycles. The predicted molar refractivity (Wildman–Crippen MR) is 104 cm³/mol. The van der Waals surface area contributed by atoms with E-state index in [-0.39, 0.29) is 24.8 Å². The Labute approximate surface area is 168 Å². The lowest BCUT2D eigenvalue weighted by Crippen LogP contribution is -2.52. The molecule has 2 atom stereocenters. The molecule has 1 aliphatic heterocycles. The van der Waals surface area contributed by atoms with E-state index in [1.165, 1.54) is 13.2 Å². The second kappa shape index (κ2) is 9.90. The summed E-state index contributed by atoms with van der Waals surface area (Å²) in [4.78, 5) is 14.6. The Morgan fingerprint density at radius 3 is 2.57 bits per heavy atom. The molecular weight excluding hydrogens is 390 g/mol. The smallest absolute Gasteiger partial charge is 0.338 e. The van der Waals surface area contributed by atoms with Gasteiger partial charge in [-0.05, 0) is 43.8 Å².